The quantitative estimate of drug-likeness (QED) is 0.211. The van der Waals surface area contributed by atoms with E-state index in [9.17, 15) is 18.8 Å². The number of rotatable bonds is 9. The predicted octanol–water partition coefficient (Wildman–Crippen LogP) is 4.90. The highest BCUT2D eigenvalue weighted by Gasteiger charge is 2.21. The minimum absolute atomic E-state index is 0.0366. The van der Waals surface area contributed by atoms with Crippen LogP contribution in [0.15, 0.2) is 71.8 Å². The van der Waals surface area contributed by atoms with Crippen molar-refractivity contribution < 1.29 is 14.0 Å². The zero-order chi connectivity index (χ0) is 33.4. The van der Waals surface area contributed by atoms with Gasteiger partial charge in [-0.15, -0.1) is 0 Å². The lowest BCUT2D eigenvalue weighted by Crippen LogP contribution is -2.38. The van der Waals surface area contributed by atoms with Crippen LogP contribution in [0.25, 0.3) is 28.0 Å². The lowest BCUT2D eigenvalue weighted by Gasteiger charge is -2.22. The molecule has 0 aliphatic carbocycles. The Morgan fingerprint density at radius 3 is 2.51 bits per heavy atom. The van der Waals surface area contributed by atoms with Crippen molar-refractivity contribution in [3.05, 3.63) is 105 Å². The molecule has 10 nitrogen and oxygen atoms in total. The third kappa shape index (κ3) is 6.14. The largest absolute Gasteiger partial charge is 0.371 e. The summed E-state index contributed by atoms with van der Waals surface area (Å²) in [5.41, 5.74) is 11.3. The highest BCUT2D eigenvalue weighted by Crippen LogP contribution is 2.31. The monoisotopic (exact) mass is 635 g/mol. The molecule has 1 aliphatic heterocycles. The van der Waals surface area contributed by atoms with Gasteiger partial charge in [-0.3, -0.25) is 19.0 Å². The Morgan fingerprint density at radius 1 is 1.04 bits per heavy atom. The number of carbonyl (C=O) groups is 2. The Bertz CT molecular complexity index is 2080. The Kier molecular flexibility index (Phi) is 8.65. The van der Waals surface area contributed by atoms with Crippen molar-refractivity contribution in [2.45, 2.75) is 46.2 Å². The number of hydrogen-bond donors (Lipinski definition) is 3. The third-order valence-electron chi connectivity index (χ3n) is 8.99. The van der Waals surface area contributed by atoms with Crippen LogP contribution in [0.3, 0.4) is 0 Å². The zero-order valence-corrected chi connectivity index (χ0v) is 26.9. The van der Waals surface area contributed by atoms with Gasteiger partial charge in [0.15, 0.2) is 0 Å². The van der Waals surface area contributed by atoms with Gasteiger partial charge in [-0.2, -0.15) is 0 Å². The number of aryl methyl sites for hydroxylation is 1. The fourth-order valence-corrected chi connectivity index (χ4v) is 6.26. The SMILES string of the molecule is CN[C@@H](C)C(=O)Nc1cnc(-c2cccc(C(N)=O)c2C)n(Cc2cc(N3CCCC3)cc(-n3cc(C)c4cc(F)ccc43)c2)c1=O. The van der Waals surface area contributed by atoms with E-state index in [0.717, 1.165) is 59.3 Å². The van der Waals surface area contributed by atoms with Gasteiger partial charge < -0.3 is 25.8 Å². The molecular formula is C36H38FN7O3. The molecule has 11 heteroatoms. The van der Waals surface area contributed by atoms with E-state index in [1.165, 1.54) is 16.8 Å². The van der Waals surface area contributed by atoms with Crippen LogP contribution < -0.4 is 26.8 Å². The minimum Gasteiger partial charge on any atom is -0.371 e. The molecule has 2 aromatic heterocycles. The van der Waals surface area contributed by atoms with Crippen LogP contribution in [0, 0.1) is 19.7 Å². The van der Waals surface area contributed by atoms with Crippen LogP contribution in [0.4, 0.5) is 15.8 Å². The highest BCUT2D eigenvalue weighted by molar-refractivity contribution is 5.96. The van der Waals surface area contributed by atoms with Crippen molar-refractivity contribution in [2.75, 3.05) is 30.4 Å². The molecule has 2 amide bonds. The molecule has 1 saturated heterocycles. The maximum atomic E-state index is 14.2. The molecule has 3 aromatic carbocycles. The van der Waals surface area contributed by atoms with E-state index in [0.29, 0.717) is 22.5 Å². The van der Waals surface area contributed by atoms with Gasteiger partial charge in [0, 0.05) is 47.2 Å². The van der Waals surface area contributed by atoms with Crippen molar-refractivity contribution in [3.63, 3.8) is 0 Å². The normalized spacial score (nSPS) is 13.7. The Hall–Kier alpha value is -5.29. The lowest BCUT2D eigenvalue weighted by atomic mass is 10.0. The first kappa shape index (κ1) is 31.7. The summed E-state index contributed by atoms with van der Waals surface area (Å²) in [6.07, 6.45) is 5.51. The number of halogens is 1. The van der Waals surface area contributed by atoms with Crippen molar-refractivity contribution in [3.8, 4) is 17.1 Å². The number of anilines is 2. The second-order valence-electron chi connectivity index (χ2n) is 12.1. The molecule has 6 rings (SSSR count). The lowest BCUT2D eigenvalue weighted by molar-refractivity contribution is -0.117. The summed E-state index contributed by atoms with van der Waals surface area (Å²) < 4.78 is 17.8. The predicted molar refractivity (Wildman–Crippen MR) is 183 cm³/mol. The van der Waals surface area contributed by atoms with Crippen molar-refractivity contribution >= 4 is 34.1 Å². The molecule has 5 aromatic rings. The molecule has 1 fully saturated rings. The summed E-state index contributed by atoms with van der Waals surface area (Å²) in [4.78, 5) is 46.2. The second kappa shape index (κ2) is 12.8. The van der Waals surface area contributed by atoms with E-state index in [-0.39, 0.29) is 24.0 Å². The molecule has 0 saturated carbocycles. The fraction of sp³-hybridized carbons (Fsp3) is 0.278. The summed E-state index contributed by atoms with van der Waals surface area (Å²) in [6.45, 7) is 7.37. The topological polar surface area (TPSA) is 127 Å². The number of primary amides is 1. The van der Waals surface area contributed by atoms with Crippen LogP contribution in [0.2, 0.25) is 0 Å². The van der Waals surface area contributed by atoms with Crippen LogP contribution in [0.1, 0.15) is 46.8 Å². The van der Waals surface area contributed by atoms with Gasteiger partial charge in [0.1, 0.15) is 17.3 Å². The maximum Gasteiger partial charge on any atom is 0.277 e. The average molecular weight is 636 g/mol. The van der Waals surface area contributed by atoms with E-state index in [4.69, 9.17) is 5.73 Å². The van der Waals surface area contributed by atoms with Gasteiger partial charge in [-0.25, -0.2) is 9.37 Å². The van der Waals surface area contributed by atoms with E-state index in [1.807, 2.05) is 23.8 Å². The number of aromatic nitrogens is 3. The molecule has 4 N–H and O–H groups in total. The van der Waals surface area contributed by atoms with Crippen molar-refractivity contribution in [1.29, 1.82) is 0 Å². The van der Waals surface area contributed by atoms with Crippen molar-refractivity contribution in [2.24, 2.45) is 5.73 Å². The van der Waals surface area contributed by atoms with E-state index in [2.05, 4.69) is 32.7 Å². The number of carbonyl (C=O) groups excluding carboxylic acids is 2. The summed E-state index contributed by atoms with van der Waals surface area (Å²) in [5, 5.41) is 6.42. The molecule has 0 radical (unpaired) electrons. The first-order chi connectivity index (χ1) is 22.5. The molecule has 0 spiro atoms. The zero-order valence-electron chi connectivity index (χ0n) is 26.9. The Morgan fingerprint density at radius 2 is 1.79 bits per heavy atom. The van der Waals surface area contributed by atoms with Gasteiger partial charge in [-0.05, 0) is 99.8 Å². The minimum atomic E-state index is -0.583. The van der Waals surface area contributed by atoms with Crippen LogP contribution in [0.5, 0.6) is 0 Å². The fourth-order valence-electron chi connectivity index (χ4n) is 6.26. The van der Waals surface area contributed by atoms with E-state index >= 15 is 0 Å². The number of nitrogens with two attached hydrogens (primary N) is 1. The van der Waals surface area contributed by atoms with Crippen molar-refractivity contribution in [1.82, 2.24) is 19.4 Å². The van der Waals surface area contributed by atoms with Crippen LogP contribution >= 0.6 is 0 Å². The standard InChI is InChI=1S/C36H38FN7O3/c1-21-19-43(32-11-10-25(37)16-30(21)32)27-15-24(14-26(17-27)42-12-5-6-13-42)20-44-34(29-9-7-8-28(22(29)2)33(38)45)40-18-31(36(44)47)41-35(46)23(3)39-4/h7-11,14-19,23,39H,5-6,12-13,20H2,1-4H3,(H2,38,45)(H,41,46)/t23-/m0/s1. The van der Waals surface area contributed by atoms with Gasteiger partial charge in [0.2, 0.25) is 11.8 Å². The number of fused-ring (bicyclic) bond motifs is 1. The number of nitrogens with zero attached hydrogens (tertiary/aromatic N) is 4. The summed E-state index contributed by atoms with van der Waals surface area (Å²) in [5.74, 6) is -0.917. The van der Waals surface area contributed by atoms with E-state index < -0.39 is 17.5 Å². The molecule has 3 heterocycles. The number of nitrogens with one attached hydrogen (secondary N) is 2. The maximum absolute atomic E-state index is 14.2. The number of amides is 2. The number of hydrogen-bond acceptors (Lipinski definition) is 6. The molecule has 242 valence electrons. The van der Waals surface area contributed by atoms with Crippen LogP contribution in [-0.4, -0.2) is 52.1 Å². The smallest absolute Gasteiger partial charge is 0.277 e. The summed E-state index contributed by atoms with van der Waals surface area (Å²) >= 11 is 0. The van der Waals surface area contributed by atoms with Gasteiger partial charge in [0.05, 0.1) is 24.3 Å². The first-order valence-corrected chi connectivity index (χ1v) is 15.7. The van der Waals surface area contributed by atoms with Gasteiger partial charge in [-0.1, -0.05) is 12.1 Å². The van der Waals surface area contributed by atoms with Crippen LogP contribution in [-0.2, 0) is 11.3 Å². The van der Waals surface area contributed by atoms with E-state index in [1.54, 1.807) is 51.2 Å². The number of likely N-dealkylation sites (N-methyl/N-ethyl adjacent to an activating group) is 1. The molecular weight excluding hydrogens is 597 g/mol. The molecule has 47 heavy (non-hydrogen) atoms. The highest BCUT2D eigenvalue weighted by atomic mass is 19.1. The van der Waals surface area contributed by atoms with Gasteiger partial charge in [0.25, 0.3) is 5.56 Å². The Balaban J connectivity index is 1.53. The molecule has 1 atom stereocenters. The molecule has 1 aliphatic rings. The molecule has 0 bridgehead atoms. The molecule has 0 unspecified atom stereocenters. The van der Waals surface area contributed by atoms with Gasteiger partial charge >= 0.3 is 0 Å². The Labute approximate surface area is 272 Å². The average Bonchev–Trinajstić information content (AvgIpc) is 3.71. The number of benzene rings is 3. The summed E-state index contributed by atoms with van der Waals surface area (Å²) in [7, 11) is 1.66. The first-order valence-electron chi connectivity index (χ1n) is 15.7. The second-order valence-corrected chi connectivity index (χ2v) is 12.1. The third-order valence-corrected chi connectivity index (χ3v) is 8.99. The summed E-state index contributed by atoms with van der Waals surface area (Å²) in [6, 6.07) is 15.6.